The number of carbonyl (C=O) groups excluding carboxylic acids is 1. The van der Waals surface area contributed by atoms with E-state index in [0.717, 1.165) is 5.56 Å². The first-order valence-electron chi connectivity index (χ1n) is 5.49. The third kappa shape index (κ3) is 3.94. The quantitative estimate of drug-likeness (QED) is 0.821. The number of nitrogens with one attached hydrogen (secondary N) is 1. The van der Waals surface area contributed by atoms with Crippen LogP contribution in [0.15, 0.2) is 16.7 Å². The van der Waals surface area contributed by atoms with E-state index < -0.39 is 17.9 Å². The normalized spacial score (nSPS) is 12.5. The summed E-state index contributed by atoms with van der Waals surface area (Å²) in [5.74, 6) is -1.20. The number of hydrogen-bond donors (Lipinski definition) is 2. The summed E-state index contributed by atoms with van der Waals surface area (Å²) >= 11 is 0. The molecule has 0 fully saturated rings. The highest BCUT2D eigenvalue weighted by Gasteiger charge is 2.22. The fourth-order valence-corrected chi connectivity index (χ4v) is 1.47. The first-order chi connectivity index (χ1) is 7.90. The van der Waals surface area contributed by atoms with E-state index in [-0.39, 0.29) is 11.7 Å². The molecule has 2 N–H and O–H groups in total. The molecule has 0 aliphatic heterocycles. The fraction of sp³-hybridized carbons (Fsp3) is 0.500. The molecule has 0 aromatic carbocycles. The summed E-state index contributed by atoms with van der Waals surface area (Å²) < 4.78 is 5.01. The van der Waals surface area contributed by atoms with Gasteiger partial charge in [-0.3, -0.25) is 4.79 Å². The summed E-state index contributed by atoms with van der Waals surface area (Å²) in [5, 5.41) is 11.4. The van der Waals surface area contributed by atoms with Crippen LogP contribution in [-0.4, -0.2) is 23.0 Å². The number of aryl methyl sites for hydroxylation is 1. The standard InChI is InChI=1S/C12H17NO4/c1-7(2)4-9(12(15)16)13-11(14)10-5-8(3)6-17-10/h5-7,9H,4H2,1-3H3,(H,13,14)(H,15,16)/t9-/m1/s1. The molecule has 1 atom stereocenters. The van der Waals surface area contributed by atoms with Crippen LogP contribution < -0.4 is 5.32 Å². The van der Waals surface area contributed by atoms with E-state index in [1.54, 1.807) is 13.0 Å². The highest BCUT2D eigenvalue weighted by molar-refractivity contribution is 5.94. The second-order valence-electron chi connectivity index (χ2n) is 4.48. The minimum atomic E-state index is -1.03. The molecule has 1 amide bonds. The second kappa shape index (κ2) is 5.52. The third-order valence-electron chi connectivity index (χ3n) is 2.26. The lowest BCUT2D eigenvalue weighted by Gasteiger charge is -2.15. The van der Waals surface area contributed by atoms with Crippen LogP contribution in [0.1, 0.15) is 36.4 Å². The van der Waals surface area contributed by atoms with Crippen LogP contribution in [-0.2, 0) is 4.79 Å². The first-order valence-corrected chi connectivity index (χ1v) is 5.49. The lowest BCUT2D eigenvalue weighted by Crippen LogP contribution is -2.41. The molecule has 0 bridgehead atoms. The SMILES string of the molecule is Cc1coc(C(=O)N[C@H](CC(C)C)C(=O)O)c1. The number of hydrogen-bond acceptors (Lipinski definition) is 3. The Hall–Kier alpha value is -1.78. The van der Waals surface area contributed by atoms with Crippen molar-refractivity contribution in [3.8, 4) is 0 Å². The van der Waals surface area contributed by atoms with Gasteiger partial charge in [-0.2, -0.15) is 0 Å². The van der Waals surface area contributed by atoms with Gasteiger partial charge in [0.15, 0.2) is 5.76 Å². The lowest BCUT2D eigenvalue weighted by atomic mass is 10.0. The van der Waals surface area contributed by atoms with Crippen molar-refractivity contribution in [2.45, 2.75) is 33.2 Å². The van der Waals surface area contributed by atoms with Gasteiger partial charge in [-0.25, -0.2) is 4.79 Å². The number of amides is 1. The van der Waals surface area contributed by atoms with Crippen molar-refractivity contribution in [2.75, 3.05) is 0 Å². The first kappa shape index (κ1) is 13.3. The van der Waals surface area contributed by atoms with E-state index in [2.05, 4.69) is 5.32 Å². The Morgan fingerprint density at radius 2 is 2.12 bits per heavy atom. The zero-order valence-corrected chi connectivity index (χ0v) is 10.2. The van der Waals surface area contributed by atoms with Crippen molar-refractivity contribution in [3.63, 3.8) is 0 Å². The van der Waals surface area contributed by atoms with Crippen LogP contribution in [0.25, 0.3) is 0 Å². The van der Waals surface area contributed by atoms with E-state index >= 15 is 0 Å². The van der Waals surface area contributed by atoms with Crippen molar-refractivity contribution in [3.05, 3.63) is 23.7 Å². The van der Waals surface area contributed by atoms with Gasteiger partial charge in [0.1, 0.15) is 6.04 Å². The predicted molar refractivity (Wildman–Crippen MR) is 61.8 cm³/mol. The number of rotatable bonds is 5. The molecule has 5 nitrogen and oxygen atoms in total. The van der Waals surface area contributed by atoms with Gasteiger partial charge in [-0.1, -0.05) is 13.8 Å². The van der Waals surface area contributed by atoms with Crippen LogP contribution in [0, 0.1) is 12.8 Å². The van der Waals surface area contributed by atoms with Gasteiger partial charge in [0.05, 0.1) is 6.26 Å². The molecule has 1 heterocycles. The van der Waals surface area contributed by atoms with Crippen molar-refractivity contribution in [1.82, 2.24) is 5.32 Å². The average molecular weight is 239 g/mol. The highest BCUT2D eigenvalue weighted by atomic mass is 16.4. The third-order valence-corrected chi connectivity index (χ3v) is 2.26. The number of furan rings is 1. The van der Waals surface area contributed by atoms with E-state index in [1.165, 1.54) is 6.26 Å². The molecule has 1 rings (SSSR count). The zero-order valence-electron chi connectivity index (χ0n) is 10.2. The topological polar surface area (TPSA) is 79.5 Å². The van der Waals surface area contributed by atoms with Gasteiger partial charge in [0, 0.05) is 0 Å². The Kier molecular flexibility index (Phi) is 4.31. The molecular weight excluding hydrogens is 222 g/mol. The molecule has 0 spiro atoms. The lowest BCUT2D eigenvalue weighted by molar-refractivity contribution is -0.139. The molecule has 1 aromatic rings. The Morgan fingerprint density at radius 1 is 1.47 bits per heavy atom. The van der Waals surface area contributed by atoms with E-state index in [0.29, 0.717) is 6.42 Å². The molecule has 17 heavy (non-hydrogen) atoms. The Balaban J connectivity index is 2.67. The summed E-state index contributed by atoms with van der Waals surface area (Å²) in [6.45, 7) is 5.60. The summed E-state index contributed by atoms with van der Waals surface area (Å²) in [5.41, 5.74) is 0.825. The van der Waals surface area contributed by atoms with E-state index in [4.69, 9.17) is 9.52 Å². The van der Waals surface area contributed by atoms with Gasteiger partial charge in [0.2, 0.25) is 0 Å². The van der Waals surface area contributed by atoms with E-state index in [1.807, 2.05) is 13.8 Å². The van der Waals surface area contributed by atoms with E-state index in [9.17, 15) is 9.59 Å². The van der Waals surface area contributed by atoms with Gasteiger partial charge in [-0.05, 0) is 30.9 Å². The van der Waals surface area contributed by atoms with Crippen LogP contribution >= 0.6 is 0 Å². The summed E-state index contributed by atoms with van der Waals surface area (Å²) in [4.78, 5) is 22.6. The summed E-state index contributed by atoms with van der Waals surface area (Å²) in [6, 6.07) is 0.691. The molecule has 0 saturated carbocycles. The number of carboxylic acid groups (broad SMARTS) is 1. The molecule has 1 aromatic heterocycles. The Bertz CT molecular complexity index is 408. The molecule has 0 aliphatic rings. The number of carbonyl (C=O) groups is 2. The monoisotopic (exact) mass is 239 g/mol. The molecule has 5 heteroatoms. The molecule has 0 saturated heterocycles. The predicted octanol–water partition coefficient (Wildman–Crippen LogP) is 1.82. The van der Waals surface area contributed by atoms with Crippen LogP contribution in [0.4, 0.5) is 0 Å². The van der Waals surface area contributed by atoms with Crippen molar-refractivity contribution in [2.24, 2.45) is 5.92 Å². The van der Waals surface area contributed by atoms with Crippen LogP contribution in [0.3, 0.4) is 0 Å². The maximum absolute atomic E-state index is 11.7. The fourth-order valence-electron chi connectivity index (χ4n) is 1.47. The molecule has 0 radical (unpaired) electrons. The van der Waals surface area contributed by atoms with Gasteiger partial charge in [0.25, 0.3) is 5.91 Å². The largest absolute Gasteiger partial charge is 0.480 e. The minimum absolute atomic E-state index is 0.137. The average Bonchev–Trinajstić information content (AvgIpc) is 2.63. The van der Waals surface area contributed by atoms with Gasteiger partial charge >= 0.3 is 5.97 Å². The van der Waals surface area contributed by atoms with Crippen LogP contribution in [0.5, 0.6) is 0 Å². The smallest absolute Gasteiger partial charge is 0.326 e. The Morgan fingerprint density at radius 3 is 2.53 bits per heavy atom. The van der Waals surface area contributed by atoms with Crippen molar-refractivity contribution < 1.29 is 19.1 Å². The molecule has 94 valence electrons. The highest BCUT2D eigenvalue weighted by Crippen LogP contribution is 2.09. The van der Waals surface area contributed by atoms with Gasteiger partial charge in [-0.15, -0.1) is 0 Å². The second-order valence-corrected chi connectivity index (χ2v) is 4.48. The zero-order chi connectivity index (χ0) is 13.0. The Labute approximate surface area is 99.8 Å². The molecule has 0 unspecified atom stereocenters. The molecular formula is C12H17NO4. The summed E-state index contributed by atoms with van der Waals surface area (Å²) in [7, 11) is 0. The van der Waals surface area contributed by atoms with Gasteiger partial charge < -0.3 is 14.8 Å². The molecule has 0 aliphatic carbocycles. The van der Waals surface area contributed by atoms with Crippen molar-refractivity contribution >= 4 is 11.9 Å². The van der Waals surface area contributed by atoms with Crippen molar-refractivity contribution in [1.29, 1.82) is 0 Å². The number of aliphatic carboxylic acids is 1. The summed E-state index contributed by atoms with van der Waals surface area (Å²) in [6.07, 6.45) is 1.84. The van der Waals surface area contributed by atoms with Crippen LogP contribution in [0.2, 0.25) is 0 Å². The number of carboxylic acids is 1. The maximum atomic E-state index is 11.7. The maximum Gasteiger partial charge on any atom is 0.326 e. The minimum Gasteiger partial charge on any atom is -0.480 e.